The van der Waals surface area contributed by atoms with E-state index in [2.05, 4.69) is 5.10 Å². The normalized spacial score (nSPS) is 23.0. The molecule has 3 heterocycles. The molecule has 33 heavy (non-hydrogen) atoms. The largest absolute Gasteiger partial charge is 0.485 e. The predicted octanol–water partition coefficient (Wildman–Crippen LogP) is 3.13. The number of ether oxygens (including phenoxy) is 2. The number of carbonyl (C=O) groups is 2. The van der Waals surface area contributed by atoms with Crippen LogP contribution in [0.5, 0.6) is 5.75 Å². The molecule has 2 amide bonds. The van der Waals surface area contributed by atoms with Crippen molar-refractivity contribution in [3.8, 4) is 5.75 Å². The second-order valence-corrected chi connectivity index (χ2v) is 8.96. The molecule has 0 bridgehead atoms. The highest BCUT2D eigenvalue weighted by atomic mass is 16.5. The Balaban J connectivity index is 1.56. The Morgan fingerprint density at radius 3 is 2.48 bits per heavy atom. The van der Waals surface area contributed by atoms with Gasteiger partial charge < -0.3 is 19.3 Å². The third-order valence-electron chi connectivity index (χ3n) is 6.50. The van der Waals surface area contributed by atoms with Crippen LogP contribution >= 0.6 is 0 Å². The number of para-hydroxylation sites is 1. The lowest BCUT2D eigenvalue weighted by Crippen LogP contribution is -2.34. The van der Waals surface area contributed by atoms with Crippen molar-refractivity contribution in [2.45, 2.75) is 50.7 Å². The SMILES string of the molecule is CN1CCCCCCCCO[C@@H]2CN(C(=O)c3ccnn3C)C[C@H]2Oc2ccccc2C1=O. The van der Waals surface area contributed by atoms with Gasteiger partial charge in [0.15, 0.2) is 0 Å². The summed E-state index contributed by atoms with van der Waals surface area (Å²) in [5.74, 6) is 0.399. The molecule has 0 spiro atoms. The van der Waals surface area contributed by atoms with Crippen molar-refractivity contribution in [1.29, 1.82) is 0 Å². The Kier molecular flexibility index (Phi) is 7.65. The number of hydrogen-bond acceptors (Lipinski definition) is 5. The third kappa shape index (κ3) is 5.55. The minimum Gasteiger partial charge on any atom is -0.485 e. The molecule has 1 aromatic carbocycles. The van der Waals surface area contributed by atoms with E-state index in [0.29, 0.717) is 36.7 Å². The molecule has 8 heteroatoms. The summed E-state index contributed by atoms with van der Waals surface area (Å²) in [4.78, 5) is 29.8. The first-order valence-electron chi connectivity index (χ1n) is 11.9. The lowest BCUT2D eigenvalue weighted by molar-refractivity contribution is -0.000219. The number of fused-ring (bicyclic) bond motifs is 2. The van der Waals surface area contributed by atoms with Gasteiger partial charge in [0.2, 0.25) is 0 Å². The van der Waals surface area contributed by atoms with Crippen LogP contribution in [0.4, 0.5) is 0 Å². The number of benzene rings is 1. The number of amides is 2. The minimum absolute atomic E-state index is 0.0454. The smallest absolute Gasteiger partial charge is 0.272 e. The van der Waals surface area contributed by atoms with Crippen LogP contribution < -0.4 is 4.74 Å². The molecule has 0 saturated carbocycles. The van der Waals surface area contributed by atoms with Crippen LogP contribution in [0.25, 0.3) is 0 Å². The Bertz CT molecular complexity index is 959. The molecule has 2 aliphatic rings. The minimum atomic E-state index is -0.352. The number of rotatable bonds is 1. The van der Waals surface area contributed by atoms with Gasteiger partial charge in [0.25, 0.3) is 11.8 Å². The van der Waals surface area contributed by atoms with Crippen LogP contribution in [-0.2, 0) is 11.8 Å². The highest BCUT2D eigenvalue weighted by Gasteiger charge is 2.39. The Morgan fingerprint density at radius 1 is 0.970 bits per heavy atom. The summed E-state index contributed by atoms with van der Waals surface area (Å²) in [5.41, 5.74) is 1.08. The lowest BCUT2D eigenvalue weighted by atomic mass is 10.1. The van der Waals surface area contributed by atoms with Crippen molar-refractivity contribution in [1.82, 2.24) is 19.6 Å². The van der Waals surface area contributed by atoms with E-state index in [1.54, 1.807) is 39.9 Å². The molecule has 4 rings (SSSR count). The van der Waals surface area contributed by atoms with Crippen molar-refractivity contribution in [3.63, 3.8) is 0 Å². The maximum absolute atomic E-state index is 13.1. The Morgan fingerprint density at radius 2 is 1.70 bits per heavy atom. The van der Waals surface area contributed by atoms with Gasteiger partial charge in [0, 0.05) is 33.4 Å². The maximum Gasteiger partial charge on any atom is 0.272 e. The van der Waals surface area contributed by atoms with Gasteiger partial charge in [-0.25, -0.2) is 0 Å². The summed E-state index contributed by atoms with van der Waals surface area (Å²) in [7, 11) is 3.61. The molecule has 2 aromatic rings. The molecule has 2 atom stereocenters. The number of aromatic nitrogens is 2. The molecule has 1 aromatic heterocycles. The van der Waals surface area contributed by atoms with Crippen molar-refractivity contribution in [2.24, 2.45) is 7.05 Å². The summed E-state index contributed by atoms with van der Waals surface area (Å²) < 4.78 is 14.2. The van der Waals surface area contributed by atoms with E-state index < -0.39 is 0 Å². The number of hydrogen-bond donors (Lipinski definition) is 0. The zero-order chi connectivity index (χ0) is 23.2. The fraction of sp³-hybridized carbons (Fsp3) is 0.560. The summed E-state index contributed by atoms with van der Waals surface area (Å²) in [5, 5.41) is 4.12. The van der Waals surface area contributed by atoms with Crippen molar-refractivity contribution in [3.05, 3.63) is 47.8 Å². The standard InChI is InChI=1S/C25H34N4O4/c1-27-15-9-5-3-4-6-10-16-32-22-17-29(25(31)20-13-14-26-28(20)2)18-23(22)33-21-12-8-7-11-19(21)24(27)30/h7-8,11-14,22-23H,3-6,9-10,15-18H2,1-2H3/t22-,23-/m1/s1. The third-order valence-corrected chi connectivity index (χ3v) is 6.50. The molecule has 178 valence electrons. The van der Waals surface area contributed by atoms with Crippen molar-refractivity contribution < 1.29 is 19.1 Å². The van der Waals surface area contributed by atoms with Crippen LogP contribution in [-0.4, -0.2) is 76.9 Å². The highest BCUT2D eigenvalue weighted by molar-refractivity contribution is 5.96. The zero-order valence-electron chi connectivity index (χ0n) is 19.6. The number of nitrogens with zero attached hydrogens (tertiary/aromatic N) is 4. The van der Waals surface area contributed by atoms with Crippen LogP contribution in [0, 0.1) is 0 Å². The highest BCUT2D eigenvalue weighted by Crippen LogP contribution is 2.26. The predicted molar refractivity (Wildman–Crippen MR) is 124 cm³/mol. The summed E-state index contributed by atoms with van der Waals surface area (Å²) >= 11 is 0. The number of carbonyl (C=O) groups excluding carboxylic acids is 2. The van der Waals surface area contributed by atoms with E-state index in [1.165, 1.54) is 12.8 Å². The van der Waals surface area contributed by atoms with Gasteiger partial charge in [-0.1, -0.05) is 37.8 Å². The van der Waals surface area contributed by atoms with Gasteiger partial charge >= 0.3 is 0 Å². The van der Waals surface area contributed by atoms with Gasteiger partial charge in [0.05, 0.1) is 18.7 Å². The van der Waals surface area contributed by atoms with E-state index in [0.717, 1.165) is 32.2 Å². The lowest BCUT2D eigenvalue weighted by Gasteiger charge is -2.24. The van der Waals surface area contributed by atoms with Crippen LogP contribution in [0.1, 0.15) is 59.4 Å². The van der Waals surface area contributed by atoms with E-state index in [-0.39, 0.29) is 24.0 Å². The Labute approximate surface area is 195 Å². The van der Waals surface area contributed by atoms with E-state index in [4.69, 9.17) is 9.47 Å². The van der Waals surface area contributed by atoms with Crippen molar-refractivity contribution >= 4 is 11.8 Å². The molecule has 0 unspecified atom stereocenters. The van der Waals surface area contributed by atoms with Crippen molar-refractivity contribution in [2.75, 3.05) is 33.3 Å². The van der Waals surface area contributed by atoms with E-state index in [9.17, 15) is 9.59 Å². The van der Waals surface area contributed by atoms with Gasteiger partial charge in [-0.05, 0) is 31.0 Å². The van der Waals surface area contributed by atoms with E-state index >= 15 is 0 Å². The molecule has 0 N–H and O–H groups in total. The summed E-state index contributed by atoms with van der Waals surface area (Å²) in [6.45, 7) is 2.22. The monoisotopic (exact) mass is 454 g/mol. The summed E-state index contributed by atoms with van der Waals surface area (Å²) in [6.07, 6.45) is 7.58. The van der Waals surface area contributed by atoms with Crippen LogP contribution in [0.15, 0.2) is 36.5 Å². The molecule has 1 saturated heterocycles. The maximum atomic E-state index is 13.1. The van der Waals surface area contributed by atoms with Gasteiger partial charge in [-0.15, -0.1) is 0 Å². The van der Waals surface area contributed by atoms with Gasteiger partial charge in [-0.2, -0.15) is 5.10 Å². The second-order valence-electron chi connectivity index (χ2n) is 8.96. The first-order valence-corrected chi connectivity index (χ1v) is 11.9. The van der Waals surface area contributed by atoms with E-state index in [1.807, 2.05) is 25.2 Å². The van der Waals surface area contributed by atoms with Gasteiger partial charge in [-0.3, -0.25) is 14.3 Å². The first kappa shape index (κ1) is 23.3. The molecule has 0 aliphatic carbocycles. The molecular formula is C25H34N4O4. The summed E-state index contributed by atoms with van der Waals surface area (Å²) in [6, 6.07) is 9.08. The zero-order valence-corrected chi connectivity index (χ0v) is 19.6. The first-order chi connectivity index (χ1) is 16.0. The van der Waals surface area contributed by atoms with Gasteiger partial charge in [0.1, 0.15) is 23.7 Å². The number of aryl methyl sites for hydroxylation is 1. The fourth-order valence-corrected chi connectivity index (χ4v) is 4.54. The molecule has 1 fully saturated rings. The average molecular weight is 455 g/mol. The molecular weight excluding hydrogens is 420 g/mol. The quantitative estimate of drug-likeness (QED) is 0.662. The second kappa shape index (κ2) is 10.8. The molecule has 2 aliphatic heterocycles. The average Bonchev–Trinajstić information content (AvgIpc) is 3.42. The Hall–Kier alpha value is -2.87. The fourth-order valence-electron chi connectivity index (χ4n) is 4.54. The number of likely N-dealkylation sites (tertiary alicyclic amines) is 1. The molecule has 8 nitrogen and oxygen atoms in total. The van der Waals surface area contributed by atoms with Crippen LogP contribution in [0.2, 0.25) is 0 Å². The topological polar surface area (TPSA) is 76.9 Å². The molecule has 0 radical (unpaired) electrons. The van der Waals surface area contributed by atoms with Crippen LogP contribution in [0.3, 0.4) is 0 Å².